The van der Waals surface area contributed by atoms with Crippen LogP contribution in [0.25, 0.3) is 0 Å². The van der Waals surface area contributed by atoms with Gasteiger partial charge in [0.2, 0.25) is 21.8 Å². The number of nitrogens with one attached hydrogen (secondary N) is 1. The SMILES string of the molecule is COc1cccc(CN(C(=O)CN(c2cc(OC)ccc2OC)S(C)(=O)=O)[C@@H](C)C(=O)NC(C)(C)C)c1. The molecule has 10 nitrogen and oxygen atoms in total. The summed E-state index contributed by atoms with van der Waals surface area (Å²) in [7, 11) is 0.458. The van der Waals surface area contributed by atoms with Gasteiger partial charge in [-0.2, -0.15) is 0 Å². The number of methoxy groups -OCH3 is 3. The second kappa shape index (κ2) is 12.2. The Morgan fingerprint density at radius 2 is 1.59 bits per heavy atom. The minimum Gasteiger partial charge on any atom is -0.497 e. The van der Waals surface area contributed by atoms with Crippen LogP contribution in [0.2, 0.25) is 0 Å². The highest BCUT2D eigenvalue weighted by Crippen LogP contribution is 2.34. The van der Waals surface area contributed by atoms with Crippen LogP contribution in [-0.4, -0.2) is 70.8 Å². The molecule has 204 valence electrons. The predicted molar refractivity (Wildman–Crippen MR) is 143 cm³/mol. The van der Waals surface area contributed by atoms with Crippen LogP contribution in [0.3, 0.4) is 0 Å². The Bertz CT molecular complexity index is 1210. The van der Waals surface area contributed by atoms with Gasteiger partial charge in [0.25, 0.3) is 0 Å². The van der Waals surface area contributed by atoms with E-state index in [4.69, 9.17) is 14.2 Å². The van der Waals surface area contributed by atoms with Gasteiger partial charge in [-0.25, -0.2) is 8.42 Å². The monoisotopic (exact) mass is 535 g/mol. The van der Waals surface area contributed by atoms with Crippen LogP contribution < -0.4 is 23.8 Å². The van der Waals surface area contributed by atoms with E-state index in [0.717, 1.165) is 10.6 Å². The first kappa shape index (κ1) is 29.8. The lowest BCUT2D eigenvalue weighted by Crippen LogP contribution is -2.54. The maximum Gasteiger partial charge on any atom is 0.244 e. The molecule has 0 saturated heterocycles. The molecule has 0 fully saturated rings. The number of ether oxygens (including phenoxy) is 3. The van der Waals surface area contributed by atoms with Crippen LogP contribution >= 0.6 is 0 Å². The summed E-state index contributed by atoms with van der Waals surface area (Å²) < 4.78 is 42.6. The normalized spacial score (nSPS) is 12.3. The number of hydrogen-bond donors (Lipinski definition) is 1. The van der Waals surface area contributed by atoms with E-state index in [0.29, 0.717) is 17.1 Å². The first-order valence-corrected chi connectivity index (χ1v) is 13.5. The largest absolute Gasteiger partial charge is 0.497 e. The Labute approximate surface area is 219 Å². The van der Waals surface area contributed by atoms with E-state index < -0.39 is 34.1 Å². The molecule has 37 heavy (non-hydrogen) atoms. The van der Waals surface area contributed by atoms with E-state index in [1.54, 1.807) is 43.3 Å². The molecule has 0 heterocycles. The Morgan fingerprint density at radius 3 is 2.14 bits per heavy atom. The van der Waals surface area contributed by atoms with Gasteiger partial charge in [-0.05, 0) is 57.5 Å². The summed E-state index contributed by atoms with van der Waals surface area (Å²) in [5.41, 5.74) is 0.335. The molecule has 2 rings (SSSR count). The van der Waals surface area contributed by atoms with Crippen molar-refractivity contribution in [2.45, 2.75) is 45.8 Å². The molecule has 11 heteroatoms. The average molecular weight is 536 g/mol. The van der Waals surface area contributed by atoms with Crippen molar-refractivity contribution >= 4 is 27.5 Å². The minimum absolute atomic E-state index is 0.0572. The highest BCUT2D eigenvalue weighted by molar-refractivity contribution is 7.92. The molecule has 0 saturated carbocycles. The minimum atomic E-state index is -3.93. The summed E-state index contributed by atoms with van der Waals surface area (Å²) in [5, 5.41) is 2.89. The van der Waals surface area contributed by atoms with Crippen molar-refractivity contribution < 1.29 is 32.2 Å². The lowest BCUT2D eigenvalue weighted by Gasteiger charge is -2.33. The standard InChI is InChI=1S/C26H37N3O7S/c1-18(25(31)27-26(2,3)4)28(16-19-10-9-11-20(14-19)34-5)24(30)17-29(37(8,32)33)22-15-21(35-6)12-13-23(22)36-7/h9-15,18H,16-17H2,1-8H3,(H,27,31)/t18-/m0/s1. The number of anilines is 1. The van der Waals surface area contributed by atoms with Crippen molar-refractivity contribution in [1.82, 2.24) is 10.2 Å². The maximum atomic E-state index is 13.7. The van der Waals surface area contributed by atoms with E-state index >= 15 is 0 Å². The van der Waals surface area contributed by atoms with Crippen molar-refractivity contribution in [3.05, 3.63) is 48.0 Å². The summed E-state index contributed by atoms with van der Waals surface area (Å²) in [5.74, 6) is 0.291. The first-order valence-electron chi connectivity index (χ1n) is 11.6. The Balaban J connectivity index is 2.51. The zero-order valence-electron chi connectivity index (χ0n) is 22.7. The van der Waals surface area contributed by atoms with Crippen molar-refractivity contribution in [2.75, 3.05) is 38.4 Å². The highest BCUT2D eigenvalue weighted by atomic mass is 32.2. The van der Waals surface area contributed by atoms with Crippen LogP contribution in [0.15, 0.2) is 42.5 Å². The lowest BCUT2D eigenvalue weighted by atomic mass is 10.1. The van der Waals surface area contributed by atoms with E-state index in [1.807, 2.05) is 20.8 Å². The third kappa shape index (κ3) is 8.28. The van der Waals surface area contributed by atoms with Gasteiger partial charge < -0.3 is 24.4 Å². The topological polar surface area (TPSA) is 114 Å². The molecule has 2 aromatic carbocycles. The third-order valence-electron chi connectivity index (χ3n) is 5.49. The Hall–Kier alpha value is -3.47. The number of carbonyl (C=O) groups excluding carboxylic acids is 2. The number of nitrogens with zero attached hydrogens (tertiary/aromatic N) is 2. The van der Waals surface area contributed by atoms with E-state index in [9.17, 15) is 18.0 Å². The van der Waals surface area contributed by atoms with Gasteiger partial charge in [-0.15, -0.1) is 0 Å². The van der Waals surface area contributed by atoms with Crippen LogP contribution in [0.5, 0.6) is 17.2 Å². The molecule has 0 spiro atoms. The fourth-order valence-electron chi connectivity index (χ4n) is 3.61. The molecule has 0 bridgehead atoms. The van der Waals surface area contributed by atoms with Gasteiger partial charge in [-0.3, -0.25) is 13.9 Å². The lowest BCUT2D eigenvalue weighted by molar-refractivity contribution is -0.140. The smallest absolute Gasteiger partial charge is 0.244 e. The van der Waals surface area contributed by atoms with Crippen molar-refractivity contribution in [2.24, 2.45) is 0 Å². The second-order valence-electron chi connectivity index (χ2n) is 9.60. The van der Waals surface area contributed by atoms with Crippen LogP contribution in [-0.2, 0) is 26.2 Å². The number of rotatable bonds is 11. The number of amides is 2. The fourth-order valence-corrected chi connectivity index (χ4v) is 4.46. The Morgan fingerprint density at radius 1 is 0.973 bits per heavy atom. The molecule has 0 aromatic heterocycles. The van der Waals surface area contributed by atoms with Crippen molar-refractivity contribution in [3.8, 4) is 17.2 Å². The molecular formula is C26H37N3O7S. The summed E-state index contributed by atoms with van der Waals surface area (Å²) >= 11 is 0. The third-order valence-corrected chi connectivity index (χ3v) is 6.61. The quantitative estimate of drug-likeness (QED) is 0.471. The zero-order chi connectivity index (χ0) is 28.0. The van der Waals surface area contributed by atoms with Crippen LogP contribution in [0, 0.1) is 0 Å². The van der Waals surface area contributed by atoms with E-state index in [2.05, 4.69) is 5.32 Å². The highest BCUT2D eigenvalue weighted by Gasteiger charge is 2.32. The van der Waals surface area contributed by atoms with Gasteiger partial charge in [-0.1, -0.05) is 12.1 Å². The average Bonchev–Trinajstić information content (AvgIpc) is 2.83. The first-order chi connectivity index (χ1) is 17.2. The van der Waals surface area contributed by atoms with Crippen molar-refractivity contribution in [3.63, 3.8) is 0 Å². The van der Waals surface area contributed by atoms with Gasteiger partial charge in [0.1, 0.15) is 29.8 Å². The molecular weight excluding hydrogens is 498 g/mol. The summed E-state index contributed by atoms with van der Waals surface area (Å²) in [6, 6.07) is 10.9. The van der Waals surface area contributed by atoms with E-state index in [-0.39, 0.29) is 23.9 Å². The molecule has 0 aliphatic carbocycles. The number of carbonyl (C=O) groups is 2. The fraction of sp³-hybridized carbons (Fsp3) is 0.462. The van der Waals surface area contributed by atoms with E-state index in [1.165, 1.54) is 32.3 Å². The van der Waals surface area contributed by atoms with Gasteiger partial charge in [0.15, 0.2) is 0 Å². The zero-order valence-corrected chi connectivity index (χ0v) is 23.5. The molecule has 1 atom stereocenters. The maximum absolute atomic E-state index is 13.7. The van der Waals surface area contributed by atoms with Gasteiger partial charge in [0.05, 0.1) is 33.3 Å². The molecule has 0 radical (unpaired) electrons. The van der Waals surface area contributed by atoms with Crippen LogP contribution in [0.1, 0.15) is 33.3 Å². The predicted octanol–water partition coefficient (Wildman–Crippen LogP) is 2.81. The molecule has 0 aliphatic rings. The second-order valence-corrected chi connectivity index (χ2v) is 11.5. The summed E-state index contributed by atoms with van der Waals surface area (Å²) in [6.07, 6.45) is 1.00. The number of hydrogen-bond acceptors (Lipinski definition) is 7. The molecule has 0 unspecified atom stereocenters. The van der Waals surface area contributed by atoms with Crippen molar-refractivity contribution in [1.29, 1.82) is 0 Å². The summed E-state index contributed by atoms with van der Waals surface area (Å²) in [4.78, 5) is 28.1. The number of sulfonamides is 1. The van der Waals surface area contributed by atoms with Gasteiger partial charge >= 0.3 is 0 Å². The Kier molecular flexibility index (Phi) is 9.80. The molecule has 0 aliphatic heterocycles. The summed E-state index contributed by atoms with van der Waals surface area (Å²) in [6.45, 7) is 6.63. The number of benzene rings is 2. The molecule has 1 N–H and O–H groups in total. The molecule has 2 amide bonds. The van der Waals surface area contributed by atoms with Gasteiger partial charge in [0, 0.05) is 18.2 Å². The molecule has 2 aromatic rings. The van der Waals surface area contributed by atoms with Crippen LogP contribution in [0.4, 0.5) is 5.69 Å².